The summed E-state index contributed by atoms with van der Waals surface area (Å²) in [5.74, 6) is 0. The Morgan fingerprint density at radius 2 is 1.73 bits per heavy atom. The SMILES string of the molecule is NS(=O)[O-].Sc1ccccc1. The third kappa shape index (κ3) is 9.64. The molecular weight excluding hydrogens is 182 g/mol. The Bertz CT molecular complexity index is 211. The first kappa shape index (κ1) is 10.6. The zero-order chi connectivity index (χ0) is 8.69. The van der Waals surface area contributed by atoms with Gasteiger partial charge in [-0.25, -0.2) is 0 Å². The molecule has 3 nitrogen and oxygen atoms in total. The highest BCUT2D eigenvalue weighted by molar-refractivity contribution is 7.80. The molecule has 0 aliphatic rings. The van der Waals surface area contributed by atoms with Crippen LogP contribution in [0.15, 0.2) is 35.2 Å². The summed E-state index contributed by atoms with van der Waals surface area (Å²) in [4.78, 5) is 1.02. The summed E-state index contributed by atoms with van der Waals surface area (Å²) in [5, 5.41) is 4.03. The molecule has 1 atom stereocenters. The van der Waals surface area contributed by atoms with Crippen LogP contribution in [0.1, 0.15) is 0 Å². The fraction of sp³-hybridized carbons (Fsp3) is 0. The van der Waals surface area contributed by atoms with Crippen molar-refractivity contribution in [1.82, 2.24) is 0 Å². The first-order valence-electron chi connectivity index (χ1n) is 2.70. The lowest BCUT2D eigenvalue weighted by molar-refractivity contribution is 0.539. The summed E-state index contributed by atoms with van der Waals surface area (Å²) in [6.45, 7) is 0. The second-order valence-corrected chi connectivity index (χ2v) is 2.63. The smallest absolute Gasteiger partial charge is 0.0152 e. The Kier molecular flexibility index (Phi) is 6.15. The second-order valence-electron chi connectivity index (χ2n) is 1.60. The molecule has 0 spiro atoms. The number of rotatable bonds is 0. The summed E-state index contributed by atoms with van der Waals surface area (Å²) in [5.41, 5.74) is 0. The monoisotopic (exact) mass is 190 g/mol. The third-order valence-electron chi connectivity index (χ3n) is 0.756. The molecular formula is C6H8NO2S2-. The molecule has 11 heavy (non-hydrogen) atoms. The van der Waals surface area contributed by atoms with E-state index in [0.717, 1.165) is 4.90 Å². The first-order valence-corrected chi connectivity index (χ1v) is 4.29. The van der Waals surface area contributed by atoms with Crippen molar-refractivity contribution in [3.8, 4) is 0 Å². The van der Waals surface area contributed by atoms with Crippen LogP contribution < -0.4 is 5.14 Å². The molecule has 5 heteroatoms. The molecule has 0 saturated heterocycles. The van der Waals surface area contributed by atoms with Gasteiger partial charge in [-0.1, -0.05) is 18.2 Å². The lowest BCUT2D eigenvalue weighted by atomic mass is 10.4. The predicted octanol–water partition coefficient (Wildman–Crippen LogP) is 0.715. The topological polar surface area (TPSA) is 66.2 Å². The zero-order valence-corrected chi connectivity index (χ0v) is 7.35. The van der Waals surface area contributed by atoms with Crippen molar-refractivity contribution >= 4 is 23.9 Å². The highest BCUT2D eigenvalue weighted by Crippen LogP contribution is 2.00. The molecule has 0 saturated carbocycles. The first-order chi connectivity index (χ1) is 5.13. The van der Waals surface area contributed by atoms with Gasteiger partial charge in [-0.05, 0) is 12.1 Å². The van der Waals surface area contributed by atoms with Crippen LogP contribution in [0.25, 0.3) is 0 Å². The maximum atomic E-state index is 8.78. The van der Waals surface area contributed by atoms with Gasteiger partial charge in [0, 0.05) is 16.2 Å². The number of hydrogen-bond donors (Lipinski definition) is 2. The third-order valence-corrected chi connectivity index (χ3v) is 1.05. The van der Waals surface area contributed by atoms with Crippen LogP contribution in [0, 0.1) is 0 Å². The van der Waals surface area contributed by atoms with Crippen molar-refractivity contribution in [2.45, 2.75) is 4.90 Å². The molecule has 2 N–H and O–H groups in total. The molecule has 1 rings (SSSR count). The molecule has 0 fully saturated rings. The largest absolute Gasteiger partial charge is 0.760 e. The van der Waals surface area contributed by atoms with Gasteiger partial charge in [0.1, 0.15) is 0 Å². The van der Waals surface area contributed by atoms with E-state index in [1.54, 1.807) is 0 Å². The molecule has 0 aromatic heterocycles. The minimum Gasteiger partial charge on any atom is -0.760 e. The van der Waals surface area contributed by atoms with Crippen LogP contribution in [0.5, 0.6) is 0 Å². The summed E-state index contributed by atoms with van der Waals surface area (Å²) < 4.78 is 17.6. The van der Waals surface area contributed by atoms with Gasteiger partial charge in [0.15, 0.2) is 0 Å². The molecule has 0 heterocycles. The Hall–Kier alpha value is -0.360. The van der Waals surface area contributed by atoms with Crippen LogP contribution in [-0.4, -0.2) is 8.76 Å². The van der Waals surface area contributed by atoms with E-state index in [-0.39, 0.29) is 0 Å². The van der Waals surface area contributed by atoms with E-state index < -0.39 is 11.3 Å². The molecule has 62 valence electrons. The van der Waals surface area contributed by atoms with Crippen molar-refractivity contribution in [2.24, 2.45) is 5.14 Å². The Labute approximate surface area is 73.4 Å². The fourth-order valence-corrected chi connectivity index (χ4v) is 0.600. The Balaban J connectivity index is 0.000000218. The van der Waals surface area contributed by atoms with Gasteiger partial charge in [-0.3, -0.25) is 9.35 Å². The molecule has 0 bridgehead atoms. The summed E-state index contributed by atoms with van der Waals surface area (Å²) in [6, 6.07) is 9.79. The Morgan fingerprint density at radius 3 is 1.91 bits per heavy atom. The molecule has 0 radical (unpaired) electrons. The number of benzene rings is 1. The van der Waals surface area contributed by atoms with E-state index in [4.69, 9.17) is 8.76 Å². The standard InChI is InChI=1S/C6H6S.H3NO2S/c7-6-4-2-1-3-5-6;1-4(2)3/h1-5,7H;1H2,(H,2,3)/p-1. The minimum absolute atomic E-state index is 1.02. The minimum atomic E-state index is -2.36. The van der Waals surface area contributed by atoms with E-state index in [2.05, 4.69) is 17.8 Å². The van der Waals surface area contributed by atoms with Crippen LogP contribution in [0.4, 0.5) is 0 Å². The van der Waals surface area contributed by atoms with Crippen molar-refractivity contribution in [3.63, 3.8) is 0 Å². The quantitative estimate of drug-likeness (QED) is 0.467. The zero-order valence-electron chi connectivity index (χ0n) is 5.64. The number of thiol groups is 1. The maximum Gasteiger partial charge on any atom is 0.0152 e. The highest BCUT2D eigenvalue weighted by atomic mass is 32.2. The van der Waals surface area contributed by atoms with E-state index >= 15 is 0 Å². The van der Waals surface area contributed by atoms with Gasteiger partial charge in [-0.15, -0.1) is 12.6 Å². The van der Waals surface area contributed by atoms with Gasteiger partial charge in [-0.2, -0.15) is 0 Å². The van der Waals surface area contributed by atoms with Crippen LogP contribution in [-0.2, 0) is 11.3 Å². The maximum absolute atomic E-state index is 8.78. The van der Waals surface area contributed by atoms with E-state index in [9.17, 15) is 0 Å². The number of hydrogen-bond acceptors (Lipinski definition) is 3. The van der Waals surface area contributed by atoms with E-state index in [0.29, 0.717) is 0 Å². The van der Waals surface area contributed by atoms with Crippen molar-refractivity contribution in [2.75, 3.05) is 0 Å². The molecule has 1 aromatic rings. The van der Waals surface area contributed by atoms with Crippen molar-refractivity contribution in [1.29, 1.82) is 0 Å². The predicted molar refractivity (Wildman–Crippen MR) is 46.8 cm³/mol. The normalized spacial score (nSPS) is 11.2. The Morgan fingerprint density at radius 1 is 1.36 bits per heavy atom. The van der Waals surface area contributed by atoms with E-state index in [1.807, 2.05) is 30.3 Å². The average Bonchev–Trinajstić information content (AvgIpc) is 1.87. The van der Waals surface area contributed by atoms with Gasteiger partial charge in [0.2, 0.25) is 0 Å². The second kappa shape index (κ2) is 6.36. The number of nitrogens with two attached hydrogens (primary N) is 1. The molecule has 1 aromatic carbocycles. The highest BCUT2D eigenvalue weighted by Gasteiger charge is 1.73. The van der Waals surface area contributed by atoms with Gasteiger partial charge in [0.25, 0.3) is 0 Å². The van der Waals surface area contributed by atoms with Crippen molar-refractivity contribution < 1.29 is 8.76 Å². The molecule has 0 amide bonds. The van der Waals surface area contributed by atoms with Gasteiger partial charge in [0.05, 0.1) is 0 Å². The van der Waals surface area contributed by atoms with Crippen molar-refractivity contribution in [3.05, 3.63) is 30.3 Å². The van der Waals surface area contributed by atoms with Crippen LogP contribution >= 0.6 is 12.6 Å². The fourth-order valence-electron chi connectivity index (χ4n) is 0.428. The van der Waals surface area contributed by atoms with Gasteiger partial charge >= 0.3 is 0 Å². The lowest BCUT2D eigenvalue weighted by Crippen LogP contribution is -1.97. The molecule has 1 unspecified atom stereocenters. The molecule has 0 aliphatic heterocycles. The average molecular weight is 190 g/mol. The lowest BCUT2D eigenvalue weighted by Gasteiger charge is -1.85. The van der Waals surface area contributed by atoms with E-state index in [1.165, 1.54) is 0 Å². The summed E-state index contributed by atoms with van der Waals surface area (Å²) in [7, 11) is 0. The van der Waals surface area contributed by atoms with Crippen LogP contribution in [0.2, 0.25) is 0 Å². The molecule has 0 aliphatic carbocycles. The van der Waals surface area contributed by atoms with Gasteiger partial charge < -0.3 is 4.55 Å². The summed E-state index contributed by atoms with van der Waals surface area (Å²) >= 11 is 1.72. The summed E-state index contributed by atoms with van der Waals surface area (Å²) in [6.07, 6.45) is 0. The van der Waals surface area contributed by atoms with Crippen LogP contribution in [0.3, 0.4) is 0 Å².